The fraction of sp³-hybridized carbons (Fsp3) is 0.478. The molecule has 5 rings (SSSR count). The number of ether oxygens (including phenoxy) is 1. The zero-order valence-electron chi connectivity index (χ0n) is 19.7. The molecule has 3 aromatic heterocycles. The van der Waals surface area contributed by atoms with Crippen LogP contribution in [0.2, 0.25) is 0 Å². The quantitative estimate of drug-likeness (QED) is 0.459. The maximum atomic E-state index is 14.4. The van der Waals surface area contributed by atoms with Gasteiger partial charge in [0.2, 0.25) is 5.95 Å². The van der Waals surface area contributed by atoms with E-state index in [4.69, 9.17) is 15.5 Å². The average molecular weight is 469 g/mol. The van der Waals surface area contributed by atoms with Crippen molar-refractivity contribution in [2.75, 3.05) is 24.3 Å². The average Bonchev–Trinajstić information content (AvgIpc) is 3.47. The number of aromatic nitrogens is 6. The number of benzene rings is 1. The van der Waals surface area contributed by atoms with Crippen molar-refractivity contribution in [3.05, 3.63) is 36.2 Å². The van der Waals surface area contributed by atoms with Crippen LogP contribution in [0.4, 0.5) is 16.0 Å². The molecule has 0 amide bonds. The van der Waals surface area contributed by atoms with Gasteiger partial charge in [0.05, 0.1) is 36.7 Å². The second kappa shape index (κ2) is 8.39. The van der Waals surface area contributed by atoms with E-state index in [1.165, 1.54) is 23.8 Å². The molecule has 1 aromatic carbocycles. The van der Waals surface area contributed by atoms with Crippen molar-refractivity contribution < 1.29 is 14.2 Å². The summed E-state index contributed by atoms with van der Waals surface area (Å²) in [5.74, 6) is 0.509. The fourth-order valence-electron chi connectivity index (χ4n) is 4.57. The predicted molar refractivity (Wildman–Crippen MR) is 127 cm³/mol. The molecule has 11 heteroatoms. The van der Waals surface area contributed by atoms with Gasteiger partial charge in [-0.15, -0.1) is 5.10 Å². The summed E-state index contributed by atoms with van der Waals surface area (Å²) in [6.07, 6.45) is 5.18. The van der Waals surface area contributed by atoms with Gasteiger partial charge in [0.15, 0.2) is 23.0 Å². The molecule has 4 aromatic rings. The van der Waals surface area contributed by atoms with Gasteiger partial charge < -0.3 is 20.5 Å². The molecule has 1 aliphatic rings. The zero-order valence-corrected chi connectivity index (χ0v) is 19.7. The number of nitrogen functional groups attached to an aromatic ring is 1. The minimum atomic E-state index is -0.500. The van der Waals surface area contributed by atoms with Crippen LogP contribution in [-0.2, 0) is 0 Å². The molecular formula is C23H29FN8O2. The Hall–Kier alpha value is -3.47. The van der Waals surface area contributed by atoms with Crippen LogP contribution in [0.3, 0.4) is 0 Å². The Morgan fingerprint density at radius 2 is 2.03 bits per heavy atom. The van der Waals surface area contributed by atoms with Crippen molar-refractivity contribution in [2.45, 2.75) is 57.7 Å². The molecule has 0 unspecified atom stereocenters. The normalized spacial score (nSPS) is 20.7. The molecule has 4 heterocycles. The Labute approximate surface area is 196 Å². The molecule has 0 radical (unpaired) electrons. The molecule has 1 saturated heterocycles. The number of hydrogen-bond donors (Lipinski definition) is 2. The van der Waals surface area contributed by atoms with Crippen LogP contribution in [0.25, 0.3) is 16.6 Å². The van der Waals surface area contributed by atoms with Crippen molar-refractivity contribution in [1.29, 1.82) is 0 Å². The number of halogens is 1. The third-order valence-corrected chi connectivity index (χ3v) is 6.87. The van der Waals surface area contributed by atoms with Crippen LogP contribution in [0.15, 0.2) is 24.5 Å². The van der Waals surface area contributed by atoms with E-state index in [2.05, 4.69) is 27.0 Å². The lowest BCUT2D eigenvalue weighted by Gasteiger charge is -2.37. The van der Waals surface area contributed by atoms with E-state index in [1.807, 2.05) is 19.3 Å². The first kappa shape index (κ1) is 22.3. The molecule has 3 N–H and O–H groups in total. The summed E-state index contributed by atoms with van der Waals surface area (Å²) in [6.45, 7) is 6.59. The van der Waals surface area contributed by atoms with Crippen LogP contribution < -0.4 is 15.4 Å². The third kappa shape index (κ3) is 3.69. The van der Waals surface area contributed by atoms with Crippen molar-refractivity contribution in [2.24, 2.45) is 0 Å². The van der Waals surface area contributed by atoms with Gasteiger partial charge in [0.25, 0.3) is 0 Å². The second-order valence-electron chi connectivity index (χ2n) is 9.11. The predicted octanol–water partition coefficient (Wildman–Crippen LogP) is 2.92. The lowest BCUT2D eigenvalue weighted by Crippen LogP contribution is -2.41. The maximum Gasteiger partial charge on any atom is 0.223 e. The molecule has 10 nitrogen and oxygen atoms in total. The first-order valence-corrected chi connectivity index (χ1v) is 11.4. The number of fused-ring (bicyclic) bond motifs is 3. The molecule has 0 aliphatic carbocycles. The summed E-state index contributed by atoms with van der Waals surface area (Å²) in [5, 5.41) is 19.5. The summed E-state index contributed by atoms with van der Waals surface area (Å²) >= 11 is 0. The molecule has 1 fully saturated rings. The monoisotopic (exact) mass is 468 g/mol. The number of nitrogens with two attached hydrogens (primary N) is 1. The number of piperidine rings is 1. The number of methoxy groups -OCH3 is 1. The van der Waals surface area contributed by atoms with Gasteiger partial charge in [-0.05, 0) is 39.7 Å². The van der Waals surface area contributed by atoms with Gasteiger partial charge in [-0.3, -0.25) is 4.68 Å². The van der Waals surface area contributed by atoms with E-state index < -0.39 is 11.9 Å². The van der Waals surface area contributed by atoms with Gasteiger partial charge in [-0.1, -0.05) is 0 Å². The van der Waals surface area contributed by atoms with Gasteiger partial charge in [0.1, 0.15) is 0 Å². The lowest BCUT2D eigenvalue weighted by molar-refractivity contribution is 0.132. The standard InChI is InChI=1S/C23H29FN8O2/c1-12-5-6-15(10-30(12)16-9-26-31(11-16)13(2)14(3)33)21-28-22-17-7-18(24)20(34-4)8-19(17)27-23(25)32(22)29-21/h7-9,11-15,33H,5-6,10H2,1-4H3,(H2,25,27)/t12-,13+,14+,15+/m1/s1. The Kier molecular flexibility index (Phi) is 5.51. The maximum absolute atomic E-state index is 14.4. The highest BCUT2D eigenvalue weighted by atomic mass is 19.1. The molecule has 34 heavy (non-hydrogen) atoms. The number of anilines is 2. The second-order valence-corrected chi connectivity index (χ2v) is 9.11. The molecule has 1 aliphatic heterocycles. The number of rotatable bonds is 5. The number of nitrogens with zero attached hydrogens (tertiary/aromatic N) is 7. The van der Waals surface area contributed by atoms with E-state index in [-0.39, 0.29) is 23.7 Å². The van der Waals surface area contributed by atoms with Crippen LogP contribution >= 0.6 is 0 Å². The van der Waals surface area contributed by atoms with E-state index in [1.54, 1.807) is 11.6 Å². The highest BCUT2D eigenvalue weighted by Gasteiger charge is 2.31. The summed E-state index contributed by atoms with van der Waals surface area (Å²) in [5.41, 5.74) is 8.13. The number of aliphatic hydroxyl groups is 1. The highest BCUT2D eigenvalue weighted by Crippen LogP contribution is 2.34. The van der Waals surface area contributed by atoms with Gasteiger partial charge >= 0.3 is 0 Å². The Bertz CT molecular complexity index is 1350. The first-order valence-electron chi connectivity index (χ1n) is 11.4. The fourth-order valence-corrected chi connectivity index (χ4v) is 4.57. The van der Waals surface area contributed by atoms with Crippen LogP contribution in [-0.4, -0.2) is 60.3 Å². The number of aliphatic hydroxyl groups excluding tert-OH is 1. The van der Waals surface area contributed by atoms with Gasteiger partial charge in [0, 0.05) is 36.2 Å². The van der Waals surface area contributed by atoms with E-state index in [0.29, 0.717) is 35.0 Å². The molecular weight excluding hydrogens is 439 g/mol. The zero-order chi connectivity index (χ0) is 24.1. The van der Waals surface area contributed by atoms with E-state index in [0.717, 1.165) is 18.5 Å². The van der Waals surface area contributed by atoms with E-state index in [9.17, 15) is 9.50 Å². The Morgan fingerprint density at radius 3 is 2.76 bits per heavy atom. The van der Waals surface area contributed by atoms with Crippen LogP contribution in [0.1, 0.15) is 51.4 Å². The van der Waals surface area contributed by atoms with Crippen molar-refractivity contribution >= 4 is 28.2 Å². The lowest BCUT2D eigenvalue weighted by atomic mass is 9.92. The van der Waals surface area contributed by atoms with Crippen LogP contribution in [0, 0.1) is 5.82 Å². The minimum Gasteiger partial charge on any atom is -0.494 e. The molecule has 180 valence electrons. The molecule has 0 spiro atoms. The van der Waals surface area contributed by atoms with Gasteiger partial charge in [-0.25, -0.2) is 14.4 Å². The van der Waals surface area contributed by atoms with Crippen molar-refractivity contribution in [3.63, 3.8) is 0 Å². The summed E-state index contributed by atoms with van der Waals surface area (Å²) in [4.78, 5) is 11.4. The Balaban J connectivity index is 1.49. The summed E-state index contributed by atoms with van der Waals surface area (Å²) in [6, 6.07) is 3.08. The Morgan fingerprint density at radius 1 is 1.24 bits per heavy atom. The molecule has 0 saturated carbocycles. The molecule has 0 bridgehead atoms. The smallest absolute Gasteiger partial charge is 0.223 e. The summed E-state index contributed by atoms with van der Waals surface area (Å²) in [7, 11) is 1.41. The SMILES string of the molecule is COc1cc2nc(N)n3nc([C@H]4CC[C@@H](C)N(c5cnn([C@@H](C)[C@H](C)O)c5)C4)nc3c2cc1F. The number of hydrogen-bond acceptors (Lipinski definition) is 8. The molecule has 4 atom stereocenters. The van der Waals surface area contributed by atoms with E-state index >= 15 is 0 Å². The third-order valence-electron chi connectivity index (χ3n) is 6.87. The van der Waals surface area contributed by atoms with Crippen molar-refractivity contribution in [3.8, 4) is 5.75 Å². The summed E-state index contributed by atoms with van der Waals surface area (Å²) < 4.78 is 22.8. The van der Waals surface area contributed by atoms with Crippen molar-refractivity contribution in [1.82, 2.24) is 29.4 Å². The largest absolute Gasteiger partial charge is 0.494 e. The van der Waals surface area contributed by atoms with Gasteiger partial charge in [-0.2, -0.15) is 9.61 Å². The first-order chi connectivity index (χ1) is 16.3. The minimum absolute atomic E-state index is 0.0613. The topological polar surface area (TPSA) is 120 Å². The van der Waals surface area contributed by atoms with Crippen LogP contribution in [0.5, 0.6) is 5.75 Å². The highest BCUT2D eigenvalue weighted by molar-refractivity contribution is 5.93.